The van der Waals surface area contributed by atoms with Crippen molar-refractivity contribution in [1.29, 1.82) is 0 Å². The zero-order valence-electron chi connectivity index (χ0n) is 15.4. The molecule has 2 aliphatic heterocycles. The van der Waals surface area contributed by atoms with E-state index < -0.39 is 23.5 Å². The summed E-state index contributed by atoms with van der Waals surface area (Å²) in [5, 5.41) is 12.0. The Balaban J connectivity index is 1.84. The van der Waals surface area contributed by atoms with Crippen molar-refractivity contribution >= 4 is 17.8 Å². The molecule has 0 spiro atoms. The molecule has 7 nitrogen and oxygen atoms in total. The summed E-state index contributed by atoms with van der Waals surface area (Å²) >= 11 is 0. The van der Waals surface area contributed by atoms with Crippen molar-refractivity contribution < 1.29 is 19.5 Å². The van der Waals surface area contributed by atoms with Crippen LogP contribution in [0, 0.1) is 5.92 Å². The number of primary amides is 1. The zero-order valence-corrected chi connectivity index (χ0v) is 15.4. The number of carboxylic acid groups (broad SMARTS) is 1. The lowest BCUT2D eigenvalue weighted by molar-refractivity contribution is -0.150. The van der Waals surface area contributed by atoms with E-state index in [0.717, 1.165) is 51.5 Å². The Morgan fingerprint density at radius 1 is 1.08 bits per heavy atom. The predicted octanol–water partition coefficient (Wildman–Crippen LogP) is 1.40. The van der Waals surface area contributed by atoms with E-state index in [1.807, 2.05) is 0 Å². The van der Waals surface area contributed by atoms with Crippen molar-refractivity contribution in [2.24, 2.45) is 11.7 Å². The maximum Gasteiger partial charge on any atom is 0.326 e. The number of nitrogens with zero attached hydrogens (tertiary/aromatic N) is 1. The fraction of sp³-hybridized carbons (Fsp3) is 0.842. The SMILES string of the molecule is NC(=O)C[C@H](NC(=O)C12CCCCCN1C1CCCCC1CC2)C(=O)O. The van der Waals surface area contributed by atoms with Gasteiger partial charge in [-0.1, -0.05) is 25.7 Å². The van der Waals surface area contributed by atoms with Gasteiger partial charge in [0, 0.05) is 6.04 Å². The number of nitrogens with two attached hydrogens (primary N) is 1. The first-order valence-corrected chi connectivity index (χ1v) is 10.0. The standard InChI is InChI=1S/C19H31N3O4/c20-16(23)12-14(17(24)25)21-18(26)19-9-4-1-5-11-22(19)15-7-3-2-6-13(15)8-10-19/h13-15H,1-12H2,(H2,20,23)(H,21,26)(H,24,25)/t13?,14-,15?,19?/m0/s1. The molecule has 0 aromatic carbocycles. The fourth-order valence-corrected chi connectivity index (χ4v) is 5.40. The van der Waals surface area contributed by atoms with Crippen molar-refractivity contribution in [3.8, 4) is 0 Å². The van der Waals surface area contributed by atoms with Crippen LogP contribution in [0.25, 0.3) is 0 Å². The van der Waals surface area contributed by atoms with Gasteiger partial charge in [-0.15, -0.1) is 0 Å². The van der Waals surface area contributed by atoms with Crippen LogP contribution >= 0.6 is 0 Å². The third-order valence-electron chi connectivity index (χ3n) is 6.67. The Bertz CT molecular complexity index is 567. The quantitative estimate of drug-likeness (QED) is 0.682. The third kappa shape index (κ3) is 3.72. The van der Waals surface area contributed by atoms with Crippen LogP contribution < -0.4 is 11.1 Å². The number of amides is 2. The molecule has 26 heavy (non-hydrogen) atoms. The molecule has 1 aliphatic carbocycles. The first kappa shape index (κ1) is 19.1. The highest BCUT2D eigenvalue weighted by Crippen LogP contribution is 2.46. The van der Waals surface area contributed by atoms with E-state index in [0.29, 0.717) is 12.0 Å². The van der Waals surface area contributed by atoms with E-state index in [4.69, 9.17) is 5.73 Å². The maximum atomic E-state index is 13.3. The molecule has 3 aliphatic rings. The minimum atomic E-state index is -1.25. The number of fused-ring (bicyclic) bond motifs is 3. The predicted molar refractivity (Wildman–Crippen MR) is 96.3 cm³/mol. The number of piperidine rings is 1. The lowest BCUT2D eigenvalue weighted by Crippen LogP contribution is -2.67. The average molecular weight is 365 g/mol. The van der Waals surface area contributed by atoms with Crippen LogP contribution in [-0.2, 0) is 14.4 Å². The number of nitrogens with one attached hydrogen (secondary N) is 1. The summed E-state index contributed by atoms with van der Waals surface area (Å²) in [5.74, 6) is -1.50. The number of carbonyl (C=O) groups excluding carboxylic acids is 2. The number of carboxylic acids is 1. The van der Waals surface area contributed by atoms with Gasteiger partial charge >= 0.3 is 5.97 Å². The number of hydrogen-bond acceptors (Lipinski definition) is 4. The monoisotopic (exact) mass is 365 g/mol. The largest absolute Gasteiger partial charge is 0.480 e. The van der Waals surface area contributed by atoms with Crippen LogP contribution in [0.5, 0.6) is 0 Å². The maximum absolute atomic E-state index is 13.3. The van der Waals surface area contributed by atoms with Gasteiger partial charge < -0.3 is 16.2 Å². The molecule has 3 fully saturated rings. The Hall–Kier alpha value is -1.63. The summed E-state index contributed by atoms with van der Waals surface area (Å²) in [7, 11) is 0. The van der Waals surface area contributed by atoms with Crippen LogP contribution in [0.1, 0.15) is 70.6 Å². The summed E-state index contributed by atoms with van der Waals surface area (Å²) < 4.78 is 0. The van der Waals surface area contributed by atoms with Crippen molar-refractivity contribution in [3.05, 3.63) is 0 Å². The highest BCUT2D eigenvalue weighted by molar-refractivity contribution is 5.92. The van der Waals surface area contributed by atoms with E-state index in [-0.39, 0.29) is 12.3 Å². The van der Waals surface area contributed by atoms with Gasteiger partial charge in [0.2, 0.25) is 11.8 Å². The van der Waals surface area contributed by atoms with Crippen LogP contribution in [0.2, 0.25) is 0 Å². The second kappa shape index (κ2) is 7.94. The molecule has 0 bridgehead atoms. The normalized spacial score (nSPS) is 33.2. The first-order chi connectivity index (χ1) is 12.4. The third-order valence-corrected chi connectivity index (χ3v) is 6.67. The molecule has 3 rings (SSSR count). The highest BCUT2D eigenvalue weighted by Gasteiger charge is 2.52. The van der Waals surface area contributed by atoms with Crippen molar-refractivity contribution in [1.82, 2.24) is 10.2 Å². The Morgan fingerprint density at radius 2 is 1.85 bits per heavy atom. The number of aliphatic carboxylic acids is 1. The molecule has 2 amide bonds. The first-order valence-electron chi connectivity index (χ1n) is 10.0. The van der Waals surface area contributed by atoms with Crippen LogP contribution in [-0.4, -0.2) is 52.0 Å². The molecule has 1 saturated carbocycles. The van der Waals surface area contributed by atoms with E-state index in [2.05, 4.69) is 10.2 Å². The average Bonchev–Trinajstić information content (AvgIpc) is 2.84. The van der Waals surface area contributed by atoms with Gasteiger partial charge in [0.05, 0.1) is 6.42 Å². The molecule has 0 aromatic rings. The van der Waals surface area contributed by atoms with Gasteiger partial charge in [0.1, 0.15) is 11.6 Å². The highest BCUT2D eigenvalue weighted by atomic mass is 16.4. The van der Waals surface area contributed by atoms with E-state index >= 15 is 0 Å². The van der Waals surface area contributed by atoms with E-state index in [1.165, 1.54) is 19.3 Å². The van der Waals surface area contributed by atoms with E-state index in [1.54, 1.807) is 0 Å². The molecular weight excluding hydrogens is 334 g/mol. The second-order valence-corrected chi connectivity index (χ2v) is 8.22. The summed E-state index contributed by atoms with van der Waals surface area (Å²) in [6.07, 6.45) is 10.2. The molecule has 2 heterocycles. The Morgan fingerprint density at radius 3 is 2.58 bits per heavy atom. The number of rotatable bonds is 5. The zero-order chi connectivity index (χ0) is 18.7. The van der Waals surface area contributed by atoms with Gasteiger partial charge in [-0.05, 0) is 51.0 Å². The number of carbonyl (C=O) groups is 3. The lowest BCUT2D eigenvalue weighted by Gasteiger charge is -2.54. The summed E-state index contributed by atoms with van der Waals surface area (Å²) in [5.41, 5.74) is 4.54. The molecule has 3 unspecified atom stereocenters. The van der Waals surface area contributed by atoms with Crippen molar-refractivity contribution in [2.45, 2.75) is 88.3 Å². The molecule has 7 heteroatoms. The van der Waals surface area contributed by atoms with Crippen molar-refractivity contribution in [2.75, 3.05) is 6.54 Å². The summed E-state index contributed by atoms with van der Waals surface area (Å²) in [6.45, 7) is 0.905. The van der Waals surface area contributed by atoms with Crippen LogP contribution in [0.3, 0.4) is 0 Å². The molecule has 146 valence electrons. The van der Waals surface area contributed by atoms with Crippen LogP contribution in [0.15, 0.2) is 0 Å². The van der Waals surface area contributed by atoms with Gasteiger partial charge in [0.25, 0.3) is 0 Å². The molecule has 0 aromatic heterocycles. The number of hydrogen-bond donors (Lipinski definition) is 3. The summed E-state index contributed by atoms with van der Waals surface area (Å²) in [6, 6.07) is -0.815. The molecule has 2 saturated heterocycles. The fourth-order valence-electron chi connectivity index (χ4n) is 5.40. The molecule has 4 atom stereocenters. The second-order valence-electron chi connectivity index (χ2n) is 8.22. The Kier molecular flexibility index (Phi) is 5.85. The van der Waals surface area contributed by atoms with Gasteiger partial charge in [-0.25, -0.2) is 4.79 Å². The minimum absolute atomic E-state index is 0.225. The molecule has 4 N–H and O–H groups in total. The smallest absolute Gasteiger partial charge is 0.326 e. The molecular formula is C19H31N3O4. The molecule has 0 radical (unpaired) electrons. The lowest BCUT2D eigenvalue weighted by atomic mass is 9.70. The van der Waals surface area contributed by atoms with E-state index in [9.17, 15) is 19.5 Å². The minimum Gasteiger partial charge on any atom is -0.480 e. The van der Waals surface area contributed by atoms with Gasteiger partial charge in [0.15, 0.2) is 0 Å². The van der Waals surface area contributed by atoms with Gasteiger partial charge in [-0.3, -0.25) is 14.5 Å². The van der Waals surface area contributed by atoms with Crippen LogP contribution in [0.4, 0.5) is 0 Å². The van der Waals surface area contributed by atoms with Gasteiger partial charge in [-0.2, -0.15) is 0 Å². The topological polar surface area (TPSA) is 113 Å². The Labute approximate surface area is 154 Å². The van der Waals surface area contributed by atoms with Crippen molar-refractivity contribution in [3.63, 3.8) is 0 Å². The summed E-state index contributed by atoms with van der Waals surface area (Å²) in [4.78, 5) is 38.4.